The molecule has 1 N–H and O–H groups in total. The Morgan fingerprint density at radius 3 is 2.41 bits per heavy atom. The summed E-state index contributed by atoms with van der Waals surface area (Å²) in [5.41, 5.74) is -0.171. The fourth-order valence-corrected chi connectivity index (χ4v) is 5.38. The largest absolute Gasteiger partial charge is 0.362 e. The van der Waals surface area contributed by atoms with Crippen LogP contribution < -0.4 is 9.73 Å². The van der Waals surface area contributed by atoms with Gasteiger partial charge in [-0.2, -0.15) is 13.5 Å². The number of fused-ring (bicyclic) bond motifs is 5. The van der Waals surface area contributed by atoms with E-state index in [-0.39, 0.29) is 28.1 Å². The number of hydrogen-bond acceptors (Lipinski definition) is 8. The van der Waals surface area contributed by atoms with Gasteiger partial charge < -0.3 is 4.74 Å². The molecule has 0 saturated carbocycles. The van der Waals surface area contributed by atoms with Gasteiger partial charge in [0.2, 0.25) is 11.8 Å². The Labute approximate surface area is 193 Å². The lowest BCUT2D eigenvalue weighted by atomic mass is 9.78. The molecule has 2 bridgehead atoms. The van der Waals surface area contributed by atoms with Crippen molar-refractivity contribution < 1.29 is 27.7 Å². The van der Waals surface area contributed by atoms with Crippen molar-refractivity contribution in [3.05, 3.63) is 76.4 Å². The molecule has 0 radical (unpaired) electrons. The molecule has 2 fully saturated rings. The minimum Gasteiger partial charge on any atom is -0.362 e. The number of nitrogens with one attached hydrogen (secondary N) is 1. The SMILES string of the molecule is C[C@@]12C=C[C@@H](O1)[C@H]1C(=O)N(c3ccc(S(=O)(=O)N/N=C/c4ccc([N+](=O)[O-])cc4)cc3)C(=O)[C@H]12. The van der Waals surface area contributed by atoms with E-state index in [4.69, 9.17) is 4.74 Å². The lowest BCUT2D eigenvalue weighted by Crippen LogP contribution is -2.38. The minimum atomic E-state index is -4.03. The van der Waals surface area contributed by atoms with Gasteiger partial charge in [-0.05, 0) is 48.9 Å². The van der Waals surface area contributed by atoms with Crippen molar-refractivity contribution in [1.29, 1.82) is 0 Å². The maximum Gasteiger partial charge on any atom is 0.276 e. The zero-order valence-corrected chi connectivity index (χ0v) is 18.5. The summed E-state index contributed by atoms with van der Waals surface area (Å²) in [7, 11) is -4.03. The number of nitro benzene ring substituents is 1. The second kappa shape index (κ2) is 7.57. The molecular formula is C22H18N4O7S. The molecule has 0 unspecified atom stereocenters. The Hall–Kier alpha value is -3.90. The summed E-state index contributed by atoms with van der Waals surface area (Å²) in [6.07, 6.45) is 4.38. The van der Waals surface area contributed by atoms with Crippen molar-refractivity contribution in [1.82, 2.24) is 4.83 Å². The van der Waals surface area contributed by atoms with Gasteiger partial charge in [-0.15, -0.1) is 0 Å². The van der Waals surface area contributed by atoms with Crippen LogP contribution in [0.5, 0.6) is 0 Å². The number of rotatable bonds is 6. The van der Waals surface area contributed by atoms with Crippen molar-refractivity contribution in [3.63, 3.8) is 0 Å². The summed E-state index contributed by atoms with van der Waals surface area (Å²) in [4.78, 5) is 39.1. The summed E-state index contributed by atoms with van der Waals surface area (Å²) in [6.45, 7) is 1.78. The van der Waals surface area contributed by atoms with E-state index in [9.17, 15) is 28.1 Å². The first-order chi connectivity index (χ1) is 16.1. The van der Waals surface area contributed by atoms with E-state index in [0.29, 0.717) is 5.56 Å². The van der Waals surface area contributed by atoms with Crippen molar-refractivity contribution in [2.75, 3.05) is 4.90 Å². The highest BCUT2D eigenvalue weighted by atomic mass is 32.2. The van der Waals surface area contributed by atoms with Gasteiger partial charge in [-0.3, -0.25) is 19.7 Å². The topological polar surface area (TPSA) is 148 Å². The van der Waals surface area contributed by atoms with Crippen LogP contribution in [0, 0.1) is 22.0 Å². The van der Waals surface area contributed by atoms with Crippen LogP contribution in [0.25, 0.3) is 0 Å². The van der Waals surface area contributed by atoms with E-state index in [1.54, 1.807) is 13.0 Å². The summed E-state index contributed by atoms with van der Waals surface area (Å²) < 4.78 is 30.9. The van der Waals surface area contributed by atoms with Gasteiger partial charge in [-0.25, -0.2) is 9.73 Å². The molecule has 4 atom stereocenters. The summed E-state index contributed by atoms with van der Waals surface area (Å²) >= 11 is 0. The third kappa shape index (κ3) is 3.38. The maximum atomic E-state index is 13.0. The predicted octanol–water partition coefficient (Wildman–Crippen LogP) is 1.74. The number of benzene rings is 2. The third-order valence-electron chi connectivity index (χ3n) is 6.23. The Kier molecular flexibility index (Phi) is 4.88. The standard InChI is InChI=1S/C22H18N4O7S/c1-22-11-10-17(33-22)18-19(22)21(28)25(20(18)27)14-6-8-16(9-7-14)34(31,32)24-23-12-13-2-4-15(5-3-13)26(29)30/h2-12,17-19,24H,1H3/b23-12+/t17-,18-,19+,22+/m1/s1. The zero-order valence-electron chi connectivity index (χ0n) is 17.7. The van der Waals surface area contributed by atoms with Crippen LogP contribution in [-0.2, 0) is 24.3 Å². The number of carbonyl (C=O) groups excluding carboxylic acids is 2. The maximum absolute atomic E-state index is 13.0. The average molecular weight is 482 g/mol. The van der Waals surface area contributed by atoms with Gasteiger partial charge in [0, 0.05) is 12.1 Å². The van der Waals surface area contributed by atoms with Crippen molar-refractivity contribution >= 4 is 39.4 Å². The number of nitro groups is 1. The quantitative estimate of drug-likeness (QED) is 0.217. The summed E-state index contributed by atoms with van der Waals surface area (Å²) in [5.74, 6) is -1.92. The molecule has 3 heterocycles. The predicted molar refractivity (Wildman–Crippen MR) is 119 cm³/mol. The third-order valence-corrected chi connectivity index (χ3v) is 7.46. The number of ether oxygens (including phenoxy) is 1. The second-order valence-corrected chi connectivity index (χ2v) is 10.00. The molecule has 0 aromatic heterocycles. The van der Waals surface area contributed by atoms with Gasteiger partial charge >= 0.3 is 0 Å². The first-order valence-electron chi connectivity index (χ1n) is 10.3. The molecule has 11 nitrogen and oxygen atoms in total. The number of nitrogens with zero attached hydrogens (tertiary/aromatic N) is 3. The molecule has 3 aliphatic rings. The van der Waals surface area contributed by atoms with Crippen LogP contribution in [-0.4, -0.2) is 43.1 Å². The molecule has 12 heteroatoms. The Morgan fingerprint density at radius 2 is 1.79 bits per heavy atom. The number of carbonyl (C=O) groups is 2. The molecule has 0 spiro atoms. The molecule has 2 aromatic carbocycles. The number of hydrazone groups is 1. The lowest BCUT2D eigenvalue weighted by molar-refractivity contribution is -0.384. The van der Waals surface area contributed by atoms with E-state index in [1.165, 1.54) is 54.7 Å². The van der Waals surface area contributed by atoms with Gasteiger partial charge in [0.15, 0.2) is 0 Å². The van der Waals surface area contributed by atoms with Crippen molar-refractivity contribution in [2.24, 2.45) is 16.9 Å². The second-order valence-electron chi connectivity index (χ2n) is 8.34. The Balaban J connectivity index is 1.30. The Morgan fingerprint density at radius 1 is 1.12 bits per heavy atom. The van der Waals surface area contributed by atoms with E-state index in [2.05, 4.69) is 9.93 Å². The molecule has 174 valence electrons. The van der Waals surface area contributed by atoms with Gasteiger partial charge in [0.25, 0.3) is 15.7 Å². The molecule has 34 heavy (non-hydrogen) atoms. The van der Waals surface area contributed by atoms with E-state index in [1.807, 2.05) is 6.08 Å². The van der Waals surface area contributed by atoms with Crippen LogP contribution in [0.1, 0.15) is 12.5 Å². The van der Waals surface area contributed by atoms with Crippen molar-refractivity contribution in [3.8, 4) is 0 Å². The van der Waals surface area contributed by atoms with Gasteiger partial charge in [0.1, 0.15) is 0 Å². The summed E-state index contributed by atoms with van der Waals surface area (Å²) in [6, 6.07) is 10.7. The average Bonchev–Trinajstić information content (AvgIpc) is 3.42. The Bertz CT molecular complexity index is 1370. The number of non-ortho nitro benzene ring substituents is 1. The fraction of sp³-hybridized carbons (Fsp3) is 0.227. The smallest absolute Gasteiger partial charge is 0.276 e. The number of anilines is 1. The van der Waals surface area contributed by atoms with E-state index in [0.717, 1.165) is 4.90 Å². The molecule has 2 saturated heterocycles. The summed E-state index contributed by atoms with van der Waals surface area (Å²) in [5, 5.41) is 14.4. The zero-order chi connectivity index (χ0) is 24.3. The molecular weight excluding hydrogens is 464 g/mol. The fourth-order valence-electron chi connectivity index (χ4n) is 4.59. The molecule has 2 aromatic rings. The van der Waals surface area contributed by atoms with Gasteiger partial charge in [-0.1, -0.05) is 12.2 Å². The highest BCUT2D eigenvalue weighted by Gasteiger charge is 2.66. The highest BCUT2D eigenvalue weighted by Crippen LogP contribution is 2.52. The van der Waals surface area contributed by atoms with Crippen LogP contribution >= 0.6 is 0 Å². The highest BCUT2D eigenvalue weighted by molar-refractivity contribution is 7.89. The number of amides is 2. The molecule has 5 rings (SSSR count). The number of imide groups is 1. The molecule has 0 aliphatic carbocycles. The number of sulfonamides is 1. The van der Waals surface area contributed by atoms with E-state index >= 15 is 0 Å². The van der Waals surface area contributed by atoms with Crippen LogP contribution in [0.15, 0.2) is 70.7 Å². The van der Waals surface area contributed by atoms with Crippen LogP contribution in [0.3, 0.4) is 0 Å². The van der Waals surface area contributed by atoms with E-state index < -0.39 is 38.5 Å². The molecule has 3 aliphatic heterocycles. The van der Waals surface area contributed by atoms with Gasteiger partial charge in [0.05, 0.1) is 45.3 Å². The first kappa shape index (κ1) is 21.9. The normalized spacial score (nSPS) is 27.6. The lowest BCUT2D eigenvalue weighted by Gasteiger charge is -2.24. The molecule has 2 amide bonds. The number of hydrogen-bond donors (Lipinski definition) is 1. The minimum absolute atomic E-state index is 0.0954. The van der Waals surface area contributed by atoms with Crippen LogP contribution in [0.2, 0.25) is 0 Å². The first-order valence-corrected chi connectivity index (χ1v) is 11.7. The monoisotopic (exact) mass is 482 g/mol. The van der Waals surface area contributed by atoms with Crippen LogP contribution in [0.4, 0.5) is 11.4 Å². The van der Waals surface area contributed by atoms with Crippen molar-refractivity contribution in [2.45, 2.75) is 23.5 Å².